The van der Waals surface area contributed by atoms with E-state index in [0.29, 0.717) is 5.88 Å². The van der Waals surface area contributed by atoms with Crippen molar-refractivity contribution in [3.8, 4) is 0 Å². The predicted molar refractivity (Wildman–Crippen MR) is 49.6 cm³/mol. The summed E-state index contributed by atoms with van der Waals surface area (Å²) in [6, 6.07) is 0.145. The summed E-state index contributed by atoms with van der Waals surface area (Å²) in [7, 11) is 1.84. The lowest BCUT2D eigenvalue weighted by Gasteiger charge is -2.33. The second kappa shape index (κ2) is 4.55. The largest absolute Gasteiger partial charge is 0.328 e. The van der Waals surface area contributed by atoms with Gasteiger partial charge in [-0.25, -0.2) is 4.79 Å². The van der Waals surface area contributed by atoms with Gasteiger partial charge in [-0.2, -0.15) is 0 Å². The average Bonchev–Trinajstić information content (AvgIpc) is 2.08. The van der Waals surface area contributed by atoms with Crippen molar-refractivity contribution in [2.24, 2.45) is 0 Å². The summed E-state index contributed by atoms with van der Waals surface area (Å²) < 4.78 is 0. The second-order valence-electron chi connectivity index (χ2n) is 3.09. The molecule has 0 bridgehead atoms. The van der Waals surface area contributed by atoms with Crippen LogP contribution >= 0.6 is 11.6 Å². The molecule has 4 heteroatoms. The van der Waals surface area contributed by atoms with Crippen molar-refractivity contribution >= 4 is 17.6 Å². The van der Waals surface area contributed by atoms with Gasteiger partial charge in [0, 0.05) is 32.6 Å². The van der Waals surface area contributed by atoms with Gasteiger partial charge in [-0.05, 0) is 12.8 Å². The zero-order chi connectivity index (χ0) is 8.97. The Morgan fingerprint density at radius 3 is 2.92 bits per heavy atom. The van der Waals surface area contributed by atoms with E-state index in [1.807, 2.05) is 11.9 Å². The van der Waals surface area contributed by atoms with Crippen molar-refractivity contribution in [3.05, 3.63) is 0 Å². The van der Waals surface area contributed by atoms with E-state index >= 15 is 0 Å². The van der Waals surface area contributed by atoms with Gasteiger partial charge in [-0.1, -0.05) is 0 Å². The summed E-state index contributed by atoms with van der Waals surface area (Å²) in [5, 5.41) is 0. The molecule has 12 heavy (non-hydrogen) atoms. The molecule has 0 atom stereocenters. The molecule has 0 radical (unpaired) electrons. The molecule has 0 unspecified atom stereocenters. The number of urea groups is 1. The van der Waals surface area contributed by atoms with Crippen LogP contribution in [0.3, 0.4) is 0 Å². The molecular weight excluding hydrogens is 176 g/mol. The third-order valence-corrected chi connectivity index (χ3v) is 2.35. The van der Waals surface area contributed by atoms with E-state index in [4.69, 9.17) is 11.6 Å². The third-order valence-electron chi connectivity index (χ3n) is 2.08. The zero-order valence-corrected chi connectivity index (χ0v) is 8.18. The van der Waals surface area contributed by atoms with Gasteiger partial charge in [-0.3, -0.25) is 0 Å². The number of nitrogens with zero attached hydrogens (tertiary/aromatic N) is 2. The van der Waals surface area contributed by atoms with Crippen LogP contribution in [0.1, 0.15) is 12.8 Å². The number of rotatable bonds is 3. The van der Waals surface area contributed by atoms with E-state index < -0.39 is 0 Å². The number of hydrogen-bond donors (Lipinski definition) is 0. The summed E-state index contributed by atoms with van der Waals surface area (Å²) in [6.45, 7) is 2.57. The van der Waals surface area contributed by atoms with Gasteiger partial charge in [-0.15, -0.1) is 11.6 Å². The molecule has 0 aliphatic carbocycles. The highest BCUT2D eigenvalue weighted by atomic mass is 35.5. The zero-order valence-electron chi connectivity index (χ0n) is 7.42. The van der Waals surface area contributed by atoms with Crippen molar-refractivity contribution in [2.45, 2.75) is 12.8 Å². The number of alkyl halides is 1. The maximum atomic E-state index is 11.4. The quantitative estimate of drug-likeness (QED) is 0.617. The molecule has 1 aliphatic heterocycles. The first kappa shape index (κ1) is 9.65. The minimum Gasteiger partial charge on any atom is -0.328 e. The Kier molecular flexibility index (Phi) is 3.66. The smallest absolute Gasteiger partial charge is 0.319 e. The Morgan fingerprint density at radius 1 is 1.50 bits per heavy atom. The lowest BCUT2D eigenvalue weighted by Crippen LogP contribution is -2.47. The molecule has 0 N–H and O–H groups in total. The lowest BCUT2D eigenvalue weighted by molar-refractivity contribution is 0.141. The molecule has 70 valence electrons. The molecule has 1 saturated heterocycles. The van der Waals surface area contributed by atoms with E-state index in [1.165, 1.54) is 0 Å². The van der Waals surface area contributed by atoms with Crippen molar-refractivity contribution in [2.75, 3.05) is 32.6 Å². The van der Waals surface area contributed by atoms with E-state index in [9.17, 15) is 4.79 Å². The van der Waals surface area contributed by atoms with Crippen LogP contribution in [-0.2, 0) is 0 Å². The minimum absolute atomic E-state index is 0.145. The number of carbonyl (C=O) groups is 1. The van der Waals surface area contributed by atoms with E-state index in [2.05, 4.69) is 0 Å². The molecule has 2 amide bonds. The Labute approximate surface area is 78.3 Å². The molecule has 1 heterocycles. The first-order valence-electron chi connectivity index (χ1n) is 4.31. The van der Waals surface area contributed by atoms with Crippen LogP contribution in [0.5, 0.6) is 0 Å². The first-order chi connectivity index (χ1) is 5.75. The Morgan fingerprint density at radius 2 is 2.25 bits per heavy atom. The van der Waals surface area contributed by atoms with Crippen LogP contribution in [0.4, 0.5) is 4.79 Å². The Bertz CT molecular complexity index is 163. The first-order valence-corrected chi connectivity index (χ1v) is 4.85. The predicted octanol–water partition coefficient (Wildman–Crippen LogP) is 1.37. The number of halogens is 1. The van der Waals surface area contributed by atoms with Gasteiger partial charge in [0.15, 0.2) is 0 Å². The van der Waals surface area contributed by atoms with Gasteiger partial charge >= 0.3 is 6.03 Å². The molecule has 0 aromatic carbocycles. The normalized spacial score (nSPS) is 18.7. The monoisotopic (exact) mass is 190 g/mol. The SMILES string of the molecule is CN1CCCN(CCCCl)C1=O. The number of hydrogen-bond acceptors (Lipinski definition) is 1. The standard InChI is InChI=1S/C8H15ClN2O/c1-10-5-3-7-11(8(10)12)6-2-4-9/h2-7H2,1H3. The lowest BCUT2D eigenvalue weighted by atomic mass is 10.3. The summed E-state index contributed by atoms with van der Waals surface area (Å²) in [5.41, 5.74) is 0. The number of carbonyl (C=O) groups excluding carboxylic acids is 1. The van der Waals surface area contributed by atoms with E-state index in [0.717, 1.165) is 32.5 Å². The summed E-state index contributed by atoms with van der Waals surface area (Å²) in [4.78, 5) is 15.1. The molecule has 1 fully saturated rings. The topological polar surface area (TPSA) is 23.6 Å². The fourth-order valence-corrected chi connectivity index (χ4v) is 1.51. The van der Waals surface area contributed by atoms with Crippen molar-refractivity contribution < 1.29 is 4.79 Å². The third kappa shape index (κ3) is 2.27. The minimum atomic E-state index is 0.145. The van der Waals surface area contributed by atoms with Crippen LogP contribution in [0, 0.1) is 0 Å². The molecule has 0 spiro atoms. The molecule has 3 nitrogen and oxygen atoms in total. The molecule has 0 saturated carbocycles. The average molecular weight is 191 g/mol. The van der Waals surface area contributed by atoms with Gasteiger partial charge in [0.25, 0.3) is 0 Å². The van der Waals surface area contributed by atoms with E-state index in [-0.39, 0.29) is 6.03 Å². The van der Waals surface area contributed by atoms with E-state index in [1.54, 1.807) is 4.90 Å². The van der Waals surface area contributed by atoms with Crippen LogP contribution in [0.2, 0.25) is 0 Å². The summed E-state index contributed by atoms with van der Waals surface area (Å²) >= 11 is 5.55. The van der Waals surface area contributed by atoms with Crippen LogP contribution in [0.15, 0.2) is 0 Å². The fourth-order valence-electron chi connectivity index (χ4n) is 1.39. The molecule has 1 rings (SSSR count). The summed E-state index contributed by atoms with van der Waals surface area (Å²) in [5.74, 6) is 0.632. The van der Waals surface area contributed by atoms with Crippen molar-refractivity contribution in [3.63, 3.8) is 0 Å². The highest BCUT2D eigenvalue weighted by Crippen LogP contribution is 2.07. The molecular formula is C8H15ClN2O. The van der Waals surface area contributed by atoms with Crippen LogP contribution < -0.4 is 0 Å². The maximum absolute atomic E-state index is 11.4. The maximum Gasteiger partial charge on any atom is 0.319 e. The van der Waals surface area contributed by atoms with Crippen LogP contribution in [0.25, 0.3) is 0 Å². The fraction of sp³-hybridized carbons (Fsp3) is 0.875. The highest BCUT2D eigenvalue weighted by Gasteiger charge is 2.21. The van der Waals surface area contributed by atoms with Crippen molar-refractivity contribution in [1.29, 1.82) is 0 Å². The molecule has 0 aromatic heterocycles. The van der Waals surface area contributed by atoms with Gasteiger partial charge in [0.05, 0.1) is 0 Å². The van der Waals surface area contributed by atoms with Gasteiger partial charge in [0.1, 0.15) is 0 Å². The Hall–Kier alpha value is -0.440. The highest BCUT2D eigenvalue weighted by molar-refractivity contribution is 6.17. The van der Waals surface area contributed by atoms with Gasteiger partial charge < -0.3 is 9.80 Å². The van der Waals surface area contributed by atoms with Crippen molar-refractivity contribution in [1.82, 2.24) is 9.80 Å². The Balaban J connectivity index is 2.36. The van der Waals surface area contributed by atoms with Crippen LogP contribution in [-0.4, -0.2) is 48.4 Å². The van der Waals surface area contributed by atoms with Gasteiger partial charge in [0.2, 0.25) is 0 Å². The molecule has 1 aliphatic rings. The second-order valence-corrected chi connectivity index (χ2v) is 3.47. The number of amides is 2. The molecule has 0 aromatic rings. The summed E-state index contributed by atoms with van der Waals surface area (Å²) in [6.07, 6.45) is 1.96.